The molecule has 1 heterocycles. The molecule has 2 aromatic carbocycles. The molecule has 0 aliphatic carbocycles. The first-order valence-corrected chi connectivity index (χ1v) is 9.15. The van der Waals surface area contributed by atoms with Crippen LogP contribution in [-0.2, 0) is 16.2 Å². The molecule has 0 aliphatic rings. The summed E-state index contributed by atoms with van der Waals surface area (Å²) < 4.78 is 63.0. The molecule has 0 spiro atoms. The Morgan fingerprint density at radius 3 is 2.00 bits per heavy atom. The first-order valence-electron chi connectivity index (χ1n) is 7.61. The molecule has 0 amide bonds. The SMILES string of the molecule is NS(=O)(=O)c1ccc(-c2n[nH]c(C(F)(F)F)c2-c2ccc(C(=O)O)cc2)cc1. The zero-order valence-electron chi connectivity index (χ0n) is 13.9. The van der Waals surface area contributed by atoms with Crippen LogP contribution >= 0.6 is 0 Å². The Morgan fingerprint density at radius 2 is 1.54 bits per heavy atom. The fourth-order valence-electron chi connectivity index (χ4n) is 2.62. The third kappa shape index (κ3) is 3.75. The van der Waals surface area contributed by atoms with Crippen molar-refractivity contribution in [2.45, 2.75) is 11.1 Å². The lowest BCUT2D eigenvalue weighted by molar-refractivity contribution is -0.140. The smallest absolute Gasteiger partial charge is 0.433 e. The number of nitrogens with zero attached hydrogens (tertiary/aromatic N) is 1. The molecule has 3 rings (SSSR count). The number of nitrogens with one attached hydrogen (secondary N) is 1. The summed E-state index contributed by atoms with van der Waals surface area (Å²) >= 11 is 0. The summed E-state index contributed by atoms with van der Waals surface area (Å²) in [6.45, 7) is 0. The van der Waals surface area contributed by atoms with Crippen LogP contribution in [0.5, 0.6) is 0 Å². The molecule has 0 saturated heterocycles. The van der Waals surface area contributed by atoms with Gasteiger partial charge in [-0.3, -0.25) is 5.10 Å². The second-order valence-electron chi connectivity index (χ2n) is 5.77. The van der Waals surface area contributed by atoms with Crippen molar-refractivity contribution in [2.24, 2.45) is 5.14 Å². The summed E-state index contributed by atoms with van der Waals surface area (Å²) in [6.07, 6.45) is -4.74. The van der Waals surface area contributed by atoms with E-state index in [9.17, 15) is 26.4 Å². The highest BCUT2D eigenvalue weighted by atomic mass is 32.2. The number of aromatic nitrogens is 2. The number of carboxylic acid groups (broad SMARTS) is 1. The number of alkyl halides is 3. The first-order chi connectivity index (χ1) is 13.0. The molecule has 1 aromatic heterocycles. The molecule has 0 radical (unpaired) electrons. The zero-order chi connectivity index (χ0) is 20.7. The summed E-state index contributed by atoms with van der Waals surface area (Å²) in [5, 5.41) is 19.7. The number of carbonyl (C=O) groups is 1. The predicted octanol–water partition coefficient (Wildman–Crippen LogP) is 3.11. The molecule has 7 nitrogen and oxygen atoms in total. The maximum absolute atomic E-state index is 13.4. The third-order valence-corrected chi connectivity index (χ3v) is 4.86. The fourth-order valence-corrected chi connectivity index (χ4v) is 3.13. The van der Waals surface area contributed by atoms with Crippen LogP contribution in [0, 0.1) is 0 Å². The normalized spacial score (nSPS) is 12.1. The van der Waals surface area contributed by atoms with Crippen LogP contribution < -0.4 is 5.14 Å². The zero-order valence-corrected chi connectivity index (χ0v) is 14.7. The second-order valence-corrected chi connectivity index (χ2v) is 7.33. The minimum absolute atomic E-state index is 0.0728. The number of aromatic carboxylic acids is 1. The van der Waals surface area contributed by atoms with Gasteiger partial charge >= 0.3 is 12.1 Å². The van der Waals surface area contributed by atoms with Crippen molar-refractivity contribution in [1.29, 1.82) is 0 Å². The molecular weight excluding hydrogens is 399 g/mol. The standard InChI is InChI=1S/C17H12F3N3O4S/c18-17(19,20)15-13(9-1-3-11(4-2-9)16(24)25)14(22-23-15)10-5-7-12(8-6-10)28(21,26)27/h1-8H,(H,22,23)(H,24,25)(H2,21,26,27). The van der Waals surface area contributed by atoms with Crippen molar-refractivity contribution in [3.05, 3.63) is 59.8 Å². The molecule has 0 aliphatic heterocycles. The van der Waals surface area contributed by atoms with E-state index in [4.69, 9.17) is 10.2 Å². The van der Waals surface area contributed by atoms with Gasteiger partial charge in [-0.1, -0.05) is 24.3 Å². The van der Waals surface area contributed by atoms with Gasteiger partial charge in [0, 0.05) is 11.1 Å². The van der Waals surface area contributed by atoms with E-state index in [2.05, 4.69) is 5.10 Å². The molecule has 0 unspecified atom stereocenters. The molecule has 4 N–H and O–H groups in total. The minimum atomic E-state index is -4.74. The number of H-pyrrole nitrogens is 1. The van der Waals surface area contributed by atoms with Crippen LogP contribution in [0.25, 0.3) is 22.4 Å². The molecule has 0 bridgehead atoms. The van der Waals surface area contributed by atoms with Crippen molar-refractivity contribution < 1.29 is 31.5 Å². The maximum atomic E-state index is 13.4. The average Bonchev–Trinajstić information content (AvgIpc) is 3.06. The van der Waals surface area contributed by atoms with Crippen LogP contribution in [0.2, 0.25) is 0 Å². The Morgan fingerprint density at radius 1 is 1.00 bits per heavy atom. The second kappa shape index (κ2) is 6.77. The highest BCUT2D eigenvalue weighted by molar-refractivity contribution is 7.89. The number of rotatable bonds is 4. The van der Waals surface area contributed by atoms with E-state index in [0.717, 1.165) is 12.1 Å². The van der Waals surface area contributed by atoms with Crippen molar-refractivity contribution >= 4 is 16.0 Å². The van der Waals surface area contributed by atoms with Crippen molar-refractivity contribution in [3.8, 4) is 22.4 Å². The molecule has 28 heavy (non-hydrogen) atoms. The van der Waals surface area contributed by atoms with Gasteiger partial charge < -0.3 is 5.11 Å². The molecule has 0 saturated carbocycles. The number of benzene rings is 2. The summed E-state index contributed by atoms with van der Waals surface area (Å²) in [5.74, 6) is -1.21. The van der Waals surface area contributed by atoms with Crippen molar-refractivity contribution in [1.82, 2.24) is 10.2 Å². The predicted molar refractivity (Wildman–Crippen MR) is 92.8 cm³/mol. The van der Waals surface area contributed by atoms with Gasteiger partial charge in [-0.25, -0.2) is 18.4 Å². The number of hydrogen-bond donors (Lipinski definition) is 3. The van der Waals surface area contributed by atoms with E-state index in [1.54, 1.807) is 0 Å². The largest absolute Gasteiger partial charge is 0.478 e. The topological polar surface area (TPSA) is 126 Å². The molecule has 0 atom stereocenters. The van der Waals surface area contributed by atoms with Gasteiger partial charge in [-0.15, -0.1) is 0 Å². The highest BCUT2D eigenvalue weighted by Crippen LogP contribution is 2.41. The molecule has 3 aromatic rings. The minimum Gasteiger partial charge on any atom is -0.478 e. The number of carboxylic acids is 1. The lowest BCUT2D eigenvalue weighted by atomic mass is 9.97. The van der Waals surface area contributed by atoms with Gasteiger partial charge in [0.15, 0.2) is 0 Å². The number of aromatic amines is 1. The monoisotopic (exact) mass is 411 g/mol. The number of halogens is 3. The number of hydrogen-bond acceptors (Lipinski definition) is 4. The molecule has 11 heteroatoms. The first kappa shape index (κ1) is 19.6. The Kier molecular flexibility index (Phi) is 4.73. The van der Waals surface area contributed by atoms with Gasteiger partial charge in [-0.05, 0) is 29.8 Å². The van der Waals surface area contributed by atoms with E-state index < -0.39 is 27.9 Å². The molecular formula is C17H12F3N3O4S. The highest BCUT2D eigenvalue weighted by Gasteiger charge is 2.38. The quantitative estimate of drug-likeness (QED) is 0.608. The Hall–Kier alpha value is -3.18. The summed E-state index contributed by atoms with van der Waals surface area (Å²) in [5.41, 5.74) is -1.24. The number of primary sulfonamides is 1. The van der Waals surface area contributed by atoms with Crippen LogP contribution in [0.4, 0.5) is 13.2 Å². The Balaban J connectivity index is 2.18. The van der Waals surface area contributed by atoms with Crippen molar-refractivity contribution in [3.63, 3.8) is 0 Å². The van der Waals surface area contributed by atoms with E-state index in [0.29, 0.717) is 0 Å². The van der Waals surface area contributed by atoms with Crippen LogP contribution in [0.15, 0.2) is 53.4 Å². The van der Waals surface area contributed by atoms with Gasteiger partial charge in [0.05, 0.1) is 10.5 Å². The molecule has 146 valence electrons. The number of nitrogens with two attached hydrogens (primary N) is 1. The summed E-state index contributed by atoms with van der Waals surface area (Å²) in [6, 6.07) is 9.72. The lowest BCUT2D eigenvalue weighted by Crippen LogP contribution is -2.11. The fraction of sp³-hybridized carbons (Fsp3) is 0.0588. The van der Waals surface area contributed by atoms with Crippen LogP contribution in [0.3, 0.4) is 0 Å². The van der Waals surface area contributed by atoms with Gasteiger partial charge in [-0.2, -0.15) is 18.3 Å². The lowest BCUT2D eigenvalue weighted by Gasteiger charge is -2.10. The number of sulfonamides is 1. The van der Waals surface area contributed by atoms with E-state index in [1.165, 1.54) is 36.4 Å². The van der Waals surface area contributed by atoms with Crippen LogP contribution in [0.1, 0.15) is 16.1 Å². The summed E-state index contributed by atoms with van der Waals surface area (Å²) in [7, 11) is -3.96. The van der Waals surface area contributed by atoms with E-state index >= 15 is 0 Å². The maximum Gasteiger partial charge on any atom is 0.433 e. The Labute approximate surface area is 156 Å². The third-order valence-electron chi connectivity index (χ3n) is 3.93. The van der Waals surface area contributed by atoms with Gasteiger partial charge in [0.25, 0.3) is 0 Å². The van der Waals surface area contributed by atoms with Crippen LogP contribution in [-0.4, -0.2) is 29.7 Å². The summed E-state index contributed by atoms with van der Waals surface area (Å²) in [4.78, 5) is 10.8. The van der Waals surface area contributed by atoms with E-state index in [-0.39, 0.29) is 32.8 Å². The average molecular weight is 411 g/mol. The van der Waals surface area contributed by atoms with Gasteiger partial charge in [0.2, 0.25) is 10.0 Å². The Bertz CT molecular complexity index is 1140. The molecule has 0 fully saturated rings. The van der Waals surface area contributed by atoms with E-state index in [1.807, 2.05) is 5.10 Å². The van der Waals surface area contributed by atoms with Gasteiger partial charge in [0.1, 0.15) is 11.4 Å². The van der Waals surface area contributed by atoms with Crippen molar-refractivity contribution in [2.75, 3.05) is 0 Å².